The molecule has 0 radical (unpaired) electrons. The molecule has 3 heterocycles. The molecule has 8 nitrogen and oxygen atoms in total. The molecule has 0 amide bonds. The third-order valence-electron chi connectivity index (χ3n) is 4.76. The van der Waals surface area contributed by atoms with Gasteiger partial charge in [-0.15, -0.1) is 0 Å². The molecule has 1 saturated carbocycles. The number of H-pyrrole nitrogens is 1. The highest BCUT2D eigenvalue weighted by Crippen LogP contribution is 2.34. The van der Waals surface area contributed by atoms with Crippen molar-refractivity contribution in [2.45, 2.75) is 44.9 Å². The minimum absolute atomic E-state index is 0.00940. The lowest BCUT2D eigenvalue weighted by Crippen LogP contribution is -2.17. The predicted octanol–water partition coefficient (Wildman–Crippen LogP) is 2.15. The summed E-state index contributed by atoms with van der Waals surface area (Å²) in [5.41, 5.74) is 0.605. The first-order chi connectivity index (χ1) is 12.7. The normalized spacial score (nSPS) is 17.5. The number of oxime groups is 1. The van der Waals surface area contributed by atoms with Crippen molar-refractivity contribution in [3.05, 3.63) is 32.4 Å². The highest BCUT2D eigenvalue weighted by molar-refractivity contribution is 5.84. The Morgan fingerprint density at radius 3 is 2.85 bits per heavy atom. The van der Waals surface area contributed by atoms with Crippen LogP contribution in [0.25, 0.3) is 11.1 Å². The van der Waals surface area contributed by atoms with E-state index in [1.807, 2.05) is 0 Å². The van der Waals surface area contributed by atoms with E-state index >= 15 is 0 Å². The van der Waals surface area contributed by atoms with Gasteiger partial charge in [0.25, 0.3) is 5.56 Å². The van der Waals surface area contributed by atoms with Crippen molar-refractivity contribution in [2.24, 2.45) is 11.1 Å². The van der Waals surface area contributed by atoms with Gasteiger partial charge < -0.3 is 14.0 Å². The first-order valence-electron chi connectivity index (χ1n) is 9.06. The molecule has 2 fully saturated rings. The fourth-order valence-electron chi connectivity index (χ4n) is 3.16. The molecular weight excluding hydrogens is 338 g/mol. The van der Waals surface area contributed by atoms with Crippen LogP contribution >= 0.6 is 0 Å². The lowest BCUT2D eigenvalue weighted by Gasteiger charge is -2.12. The van der Waals surface area contributed by atoms with E-state index in [2.05, 4.69) is 15.1 Å². The van der Waals surface area contributed by atoms with Crippen molar-refractivity contribution >= 4 is 16.8 Å². The van der Waals surface area contributed by atoms with Crippen molar-refractivity contribution in [3.8, 4) is 6.01 Å². The summed E-state index contributed by atoms with van der Waals surface area (Å²) >= 11 is 0. The van der Waals surface area contributed by atoms with E-state index in [9.17, 15) is 9.59 Å². The van der Waals surface area contributed by atoms with Crippen LogP contribution in [0.15, 0.2) is 25.2 Å². The monoisotopic (exact) mass is 359 g/mol. The zero-order chi connectivity index (χ0) is 17.9. The molecule has 0 atom stereocenters. The van der Waals surface area contributed by atoms with Crippen LogP contribution in [0, 0.1) is 5.92 Å². The fraction of sp³-hybridized carbons (Fsp3) is 0.556. The molecule has 8 heteroatoms. The zero-order valence-electron chi connectivity index (χ0n) is 14.5. The standard InChI is InChI=1S/C18H21N3O5/c22-14-10-12(3-1-2-11-4-5-11)15-16(23)19-18(20-17(15)25-14)26-21-13-6-8-24-9-7-13/h10-11H,1-9H2,(H,19,20,23). The third-order valence-corrected chi connectivity index (χ3v) is 4.76. The van der Waals surface area contributed by atoms with Gasteiger partial charge in [-0.25, -0.2) is 4.79 Å². The van der Waals surface area contributed by atoms with Gasteiger partial charge in [-0.3, -0.25) is 9.78 Å². The number of nitrogens with one attached hydrogen (secondary N) is 1. The maximum atomic E-state index is 12.5. The Bertz CT molecular complexity index is 934. The van der Waals surface area contributed by atoms with Crippen molar-refractivity contribution in [1.82, 2.24) is 9.97 Å². The van der Waals surface area contributed by atoms with Crippen molar-refractivity contribution in [1.29, 1.82) is 0 Å². The van der Waals surface area contributed by atoms with Crippen LogP contribution in [0.2, 0.25) is 0 Å². The number of ether oxygens (including phenoxy) is 1. The lowest BCUT2D eigenvalue weighted by molar-refractivity contribution is 0.132. The minimum Gasteiger partial charge on any atom is -0.403 e. The maximum absolute atomic E-state index is 12.5. The molecule has 0 spiro atoms. The number of aryl methyl sites for hydroxylation is 1. The molecule has 0 bridgehead atoms. The lowest BCUT2D eigenvalue weighted by atomic mass is 10.1. The molecule has 1 N–H and O–H groups in total. The quantitative estimate of drug-likeness (QED) is 0.792. The summed E-state index contributed by atoms with van der Waals surface area (Å²) in [6.45, 7) is 1.20. The van der Waals surface area contributed by atoms with Crippen LogP contribution in [0.5, 0.6) is 6.01 Å². The Morgan fingerprint density at radius 1 is 1.27 bits per heavy atom. The summed E-state index contributed by atoms with van der Waals surface area (Å²) in [6.07, 6.45) is 6.65. The number of hydrogen-bond acceptors (Lipinski definition) is 7. The predicted molar refractivity (Wildman–Crippen MR) is 94.7 cm³/mol. The van der Waals surface area contributed by atoms with E-state index in [-0.39, 0.29) is 17.3 Å². The van der Waals surface area contributed by atoms with E-state index in [0.717, 1.165) is 24.5 Å². The van der Waals surface area contributed by atoms with Gasteiger partial charge >= 0.3 is 11.6 Å². The average Bonchev–Trinajstić information content (AvgIpc) is 3.44. The number of aromatic amines is 1. The molecule has 2 aliphatic rings. The van der Waals surface area contributed by atoms with Crippen LogP contribution in [0.1, 0.15) is 44.1 Å². The molecule has 138 valence electrons. The molecule has 0 unspecified atom stereocenters. The Morgan fingerprint density at radius 2 is 2.08 bits per heavy atom. The summed E-state index contributed by atoms with van der Waals surface area (Å²) < 4.78 is 10.4. The second-order valence-electron chi connectivity index (χ2n) is 6.84. The maximum Gasteiger partial charge on any atom is 0.337 e. The average molecular weight is 359 g/mol. The van der Waals surface area contributed by atoms with E-state index in [1.54, 1.807) is 0 Å². The van der Waals surface area contributed by atoms with E-state index < -0.39 is 5.63 Å². The summed E-state index contributed by atoms with van der Waals surface area (Å²) in [5.74, 6) is 0.807. The number of fused-ring (bicyclic) bond motifs is 1. The van der Waals surface area contributed by atoms with Gasteiger partial charge in [0.2, 0.25) is 5.71 Å². The Kier molecular flexibility index (Phi) is 4.83. The van der Waals surface area contributed by atoms with Crippen molar-refractivity contribution in [2.75, 3.05) is 13.2 Å². The molecule has 2 aromatic rings. The molecule has 1 aliphatic carbocycles. The summed E-state index contributed by atoms with van der Waals surface area (Å²) in [7, 11) is 0. The molecule has 0 aromatic carbocycles. The topological polar surface area (TPSA) is 107 Å². The molecule has 26 heavy (non-hydrogen) atoms. The third kappa shape index (κ3) is 4.01. The van der Waals surface area contributed by atoms with Gasteiger partial charge in [0.15, 0.2) is 0 Å². The smallest absolute Gasteiger partial charge is 0.337 e. The van der Waals surface area contributed by atoms with Crippen LogP contribution in [0.4, 0.5) is 0 Å². The van der Waals surface area contributed by atoms with Gasteiger partial charge in [0.05, 0.1) is 18.9 Å². The molecule has 1 saturated heterocycles. The van der Waals surface area contributed by atoms with Crippen LogP contribution in [0.3, 0.4) is 0 Å². The largest absolute Gasteiger partial charge is 0.403 e. The zero-order valence-corrected chi connectivity index (χ0v) is 14.5. The van der Waals surface area contributed by atoms with Gasteiger partial charge in [-0.2, -0.15) is 4.98 Å². The second-order valence-corrected chi connectivity index (χ2v) is 6.84. The number of aromatic nitrogens is 2. The van der Waals surface area contributed by atoms with E-state index in [1.165, 1.54) is 18.9 Å². The number of nitrogens with zero attached hydrogens (tertiary/aromatic N) is 2. The van der Waals surface area contributed by atoms with Crippen LogP contribution in [-0.4, -0.2) is 28.9 Å². The fourth-order valence-corrected chi connectivity index (χ4v) is 3.16. The molecular formula is C18H21N3O5. The minimum atomic E-state index is -0.515. The van der Waals surface area contributed by atoms with Crippen LogP contribution in [-0.2, 0) is 11.2 Å². The van der Waals surface area contributed by atoms with Gasteiger partial charge in [-0.05, 0) is 24.3 Å². The SMILES string of the molecule is O=c1cc(CCCC2CC2)c2c(=O)[nH]c(ON=C3CCOCC3)nc2o1. The Balaban J connectivity index is 1.59. The highest BCUT2D eigenvalue weighted by Gasteiger charge is 2.21. The summed E-state index contributed by atoms with van der Waals surface area (Å²) in [4.78, 5) is 36.3. The summed E-state index contributed by atoms with van der Waals surface area (Å²) in [5, 5.41) is 4.32. The number of rotatable bonds is 6. The summed E-state index contributed by atoms with van der Waals surface area (Å²) in [6, 6.07) is 1.30. The Labute approximate surface area is 149 Å². The second kappa shape index (κ2) is 7.41. The molecule has 2 aromatic heterocycles. The van der Waals surface area contributed by atoms with Gasteiger partial charge in [0, 0.05) is 18.9 Å². The van der Waals surface area contributed by atoms with Gasteiger partial charge in [0.1, 0.15) is 5.39 Å². The highest BCUT2D eigenvalue weighted by atomic mass is 16.6. The molecule has 1 aliphatic heterocycles. The first kappa shape index (κ1) is 17.0. The van der Waals surface area contributed by atoms with Crippen LogP contribution < -0.4 is 16.0 Å². The first-order valence-corrected chi connectivity index (χ1v) is 9.06. The molecule has 4 rings (SSSR count). The number of hydrogen-bond donors (Lipinski definition) is 1. The van der Waals surface area contributed by atoms with Crippen molar-refractivity contribution in [3.63, 3.8) is 0 Å². The Hall–Kier alpha value is -2.48. The van der Waals surface area contributed by atoms with E-state index in [4.69, 9.17) is 14.0 Å². The van der Waals surface area contributed by atoms with Gasteiger partial charge in [-0.1, -0.05) is 24.4 Å². The van der Waals surface area contributed by atoms with E-state index in [0.29, 0.717) is 43.4 Å². The van der Waals surface area contributed by atoms with Crippen molar-refractivity contribution < 1.29 is 14.0 Å².